The summed E-state index contributed by atoms with van der Waals surface area (Å²) in [6.45, 7) is 1.40. The molecule has 1 rings (SSSR count). The number of carbonyl (C=O) groups is 3. The van der Waals surface area contributed by atoms with Gasteiger partial charge in [-0.05, 0) is 25.1 Å². The molecular formula is C12H14FN3O4. The Morgan fingerprint density at radius 2 is 2.00 bits per heavy atom. The fraction of sp³-hybridized carbons (Fsp3) is 0.250. The molecule has 20 heavy (non-hydrogen) atoms. The van der Waals surface area contributed by atoms with Crippen LogP contribution < -0.4 is 16.2 Å². The fourth-order valence-electron chi connectivity index (χ4n) is 1.22. The van der Waals surface area contributed by atoms with E-state index in [0.717, 1.165) is 6.07 Å². The van der Waals surface area contributed by atoms with E-state index in [0.29, 0.717) is 0 Å². The highest BCUT2D eigenvalue weighted by molar-refractivity contribution is 5.96. The molecule has 0 unspecified atom stereocenters. The number of hydrogen-bond donors (Lipinski definition) is 3. The van der Waals surface area contributed by atoms with Gasteiger partial charge in [0, 0.05) is 5.56 Å². The summed E-state index contributed by atoms with van der Waals surface area (Å²) < 4.78 is 17.4. The van der Waals surface area contributed by atoms with Crippen molar-refractivity contribution >= 4 is 17.9 Å². The van der Waals surface area contributed by atoms with Gasteiger partial charge in [-0.1, -0.05) is 6.07 Å². The van der Waals surface area contributed by atoms with Crippen LogP contribution in [-0.2, 0) is 9.53 Å². The number of benzene rings is 1. The van der Waals surface area contributed by atoms with Crippen LogP contribution in [0.5, 0.6) is 0 Å². The summed E-state index contributed by atoms with van der Waals surface area (Å²) in [4.78, 5) is 33.7. The minimum absolute atomic E-state index is 0.0937. The smallest absolute Gasteiger partial charge is 0.426 e. The van der Waals surface area contributed by atoms with Crippen molar-refractivity contribution < 1.29 is 23.5 Å². The van der Waals surface area contributed by atoms with Gasteiger partial charge < -0.3 is 10.1 Å². The van der Waals surface area contributed by atoms with E-state index in [4.69, 9.17) is 0 Å². The molecule has 1 aromatic rings. The minimum atomic E-state index is -0.808. The summed E-state index contributed by atoms with van der Waals surface area (Å²) >= 11 is 0. The molecule has 0 aromatic heterocycles. The lowest BCUT2D eigenvalue weighted by atomic mass is 10.2. The third-order valence-electron chi connectivity index (χ3n) is 2.08. The molecule has 0 fully saturated rings. The van der Waals surface area contributed by atoms with Gasteiger partial charge in [0.15, 0.2) is 0 Å². The lowest BCUT2D eigenvalue weighted by Crippen LogP contribution is -2.46. The number of nitrogens with one attached hydrogen (secondary N) is 3. The van der Waals surface area contributed by atoms with Crippen LogP contribution in [-0.4, -0.2) is 31.1 Å². The van der Waals surface area contributed by atoms with Crippen molar-refractivity contribution in [3.8, 4) is 0 Å². The molecule has 108 valence electrons. The fourth-order valence-corrected chi connectivity index (χ4v) is 1.22. The first-order chi connectivity index (χ1) is 9.52. The van der Waals surface area contributed by atoms with Gasteiger partial charge in [0.2, 0.25) is 0 Å². The summed E-state index contributed by atoms with van der Waals surface area (Å²) in [6, 6.07) is 5.04. The average Bonchev–Trinajstić information content (AvgIpc) is 2.43. The number of ether oxygens (including phenoxy) is 1. The maximum absolute atomic E-state index is 12.9. The van der Waals surface area contributed by atoms with E-state index in [1.54, 1.807) is 6.92 Å². The lowest BCUT2D eigenvalue weighted by molar-refractivity contribution is -0.121. The normalized spacial score (nSPS) is 9.50. The van der Waals surface area contributed by atoms with Gasteiger partial charge in [-0.25, -0.2) is 14.6 Å². The van der Waals surface area contributed by atoms with E-state index in [1.165, 1.54) is 18.2 Å². The molecule has 0 aliphatic rings. The summed E-state index contributed by atoms with van der Waals surface area (Å²) in [5.74, 6) is -1.80. The summed E-state index contributed by atoms with van der Waals surface area (Å²) in [7, 11) is 0. The number of halogens is 1. The standard InChI is InChI=1S/C12H14FN3O4/c1-2-20-12(19)16-15-10(17)7-14-11(18)8-4-3-5-9(13)6-8/h3-6H,2,7H2,1H3,(H,14,18)(H,15,17)(H,16,19). The SMILES string of the molecule is CCOC(=O)NNC(=O)CNC(=O)c1cccc(F)c1. The number of hydrogen-bond acceptors (Lipinski definition) is 4. The van der Waals surface area contributed by atoms with Gasteiger partial charge in [-0.3, -0.25) is 15.0 Å². The topological polar surface area (TPSA) is 96.5 Å². The maximum Gasteiger partial charge on any atom is 0.426 e. The van der Waals surface area contributed by atoms with E-state index in [1.807, 2.05) is 10.9 Å². The molecule has 0 heterocycles. The number of rotatable bonds is 4. The largest absolute Gasteiger partial charge is 0.449 e. The zero-order chi connectivity index (χ0) is 15.0. The van der Waals surface area contributed by atoms with Crippen LogP contribution in [0.2, 0.25) is 0 Å². The monoisotopic (exact) mass is 283 g/mol. The molecule has 8 heteroatoms. The van der Waals surface area contributed by atoms with Crippen LogP contribution in [0.3, 0.4) is 0 Å². The third-order valence-corrected chi connectivity index (χ3v) is 2.08. The van der Waals surface area contributed by atoms with E-state index >= 15 is 0 Å². The predicted octanol–water partition coefficient (Wildman–Crippen LogP) is 0.333. The van der Waals surface area contributed by atoms with Gasteiger partial charge in [0.05, 0.1) is 13.2 Å². The van der Waals surface area contributed by atoms with Crippen LogP contribution in [0, 0.1) is 5.82 Å². The first-order valence-corrected chi connectivity index (χ1v) is 5.78. The molecule has 0 saturated carbocycles. The van der Waals surface area contributed by atoms with Gasteiger partial charge >= 0.3 is 6.09 Å². The third kappa shape index (κ3) is 5.34. The molecule has 1 aromatic carbocycles. The molecule has 0 bridgehead atoms. The Morgan fingerprint density at radius 1 is 1.25 bits per heavy atom. The van der Waals surface area contributed by atoms with Gasteiger partial charge in [-0.2, -0.15) is 0 Å². The highest BCUT2D eigenvalue weighted by atomic mass is 19.1. The van der Waals surface area contributed by atoms with Gasteiger partial charge in [-0.15, -0.1) is 0 Å². The molecule has 0 saturated heterocycles. The van der Waals surface area contributed by atoms with Crippen LogP contribution in [0.15, 0.2) is 24.3 Å². The van der Waals surface area contributed by atoms with Crippen LogP contribution in [0.25, 0.3) is 0 Å². The minimum Gasteiger partial charge on any atom is -0.449 e. The quantitative estimate of drug-likeness (QED) is 0.694. The molecule has 0 aliphatic heterocycles. The van der Waals surface area contributed by atoms with Crippen LogP contribution in [0.4, 0.5) is 9.18 Å². The van der Waals surface area contributed by atoms with E-state index in [9.17, 15) is 18.8 Å². The first-order valence-electron chi connectivity index (χ1n) is 5.78. The maximum atomic E-state index is 12.9. The Morgan fingerprint density at radius 3 is 2.65 bits per heavy atom. The second-order valence-corrected chi connectivity index (χ2v) is 3.59. The molecular weight excluding hydrogens is 269 g/mol. The average molecular weight is 283 g/mol. The number of carbonyl (C=O) groups excluding carboxylic acids is 3. The highest BCUT2D eigenvalue weighted by Crippen LogP contribution is 2.02. The molecule has 7 nitrogen and oxygen atoms in total. The highest BCUT2D eigenvalue weighted by Gasteiger charge is 2.09. The Bertz CT molecular complexity index is 507. The number of hydrazine groups is 1. The van der Waals surface area contributed by atoms with E-state index in [-0.39, 0.29) is 18.7 Å². The van der Waals surface area contributed by atoms with Crippen molar-refractivity contribution in [1.82, 2.24) is 16.2 Å². The van der Waals surface area contributed by atoms with Crippen molar-refractivity contribution in [3.05, 3.63) is 35.6 Å². The predicted molar refractivity (Wildman–Crippen MR) is 67.0 cm³/mol. The Hall–Kier alpha value is -2.64. The van der Waals surface area contributed by atoms with Crippen molar-refractivity contribution in [3.63, 3.8) is 0 Å². The van der Waals surface area contributed by atoms with Crippen LogP contribution >= 0.6 is 0 Å². The van der Waals surface area contributed by atoms with Crippen molar-refractivity contribution in [2.24, 2.45) is 0 Å². The summed E-state index contributed by atoms with van der Waals surface area (Å²) in [6.07, 6.45) is -0.808. The van der Waals surface area contributed by atoms with Crippen molar-refractivity contribution in [2.45, 2.75) is 6.92 Å². The zero-order valence-electron chi connectivity index (χ0n) is 10.7. The number of amides is 3. The van der Waals surface area contributed by atoms with E-state index in [2.05, 4.69) is 10.1 Å². The molecule has 0 spiro atoms. The molecule has 0 radical (unpaired) electrons. The second-order valence-electron chi connectivity index (χ2n) is 3.59. The Balaban J connectivity index is 2.34. The molecule has 0 atom stereocenters. The Kier molecular flexibility index (Phi) is 5.95. The zero-order valence-corrected chi connectivity index (χ0v) is 10.7. The van der Waals surface area contributed by atoms with Crippen molar-refractivity contribution in [2.75, 3.05) is 13.2 Å². The van der Waals surface area contributed by atoms with Crippen molar-refractivity contribution in [1.29, 1.82) is 0 Å². The lowest BCUT2D eigenvalue weighted by Gasteiger charge is -2.08. The molecule has 0 aliphatic carbocycles. The van der Waals surface area contributed by atoms with Crippen LogP contribution in [0.1, 0.15) is 17.3 Å². The summed E-state index contributed by atoms with van der Waals surface area (Å²) in [5.41, 5.74) is 4.11. The first kappa shape index (κ1) is 15.4. The second kappa shape index (κ2) is 7.72. The van der Waals surface area contributed by atoms with E-state index < -0.39 is 23.7 Å². The van der Waals surface area contributed by atoms with Gasteiger partial charge in [0.25, 0.3) is 11.8 Å². The summed E-state index contributed by atoms with van der Waals surface area (Å²) in [5, 5.41) is 2.27. The Labute approximate surface area is 114 Å². The molecule has 3 N–H and O–H groups in total. The molecule has 3 amide bonds. The van der Waals surface area contributed by atoms with Gasteiger partial charge in [0.1, 0.15) is 5.82 Å².